The van der Waals surface area contributed by atoms with Crippen LogP contribution >= 0.6 is 0 Å². The van der Waals surface area contributed by atoms with E-state index >= 15 is 0 Å². The Balaban J connectivity index is 1.20. The number of likely N-dealkylation sites (tertiary alicyclic amines) is 1. The van der Waals surface area contributed by atoms with Gasteiger partial charge in [-0.25, -0.2) is 0 Å². The normalized spacial score (nSPS) is 25.2. The predicted octanol–water partition coefficient (Wildman–Crippen LogP) is 2.31. The first-order valence-electron chi connectivity index (χ1n) is 10.1. The largest absolute Gasteiger partial charge is 0.381 e. The Morgan fingerprint density at radius 2 is 2.00 bits per heavy atom. The molecule has 1 aliphatic carbocycles. The lowest BCUT2D eigenvalue weighted by Gasteiger charge is -2.37. The minimum Gasteiger partial charge on any atom is -0.381 e. The first-order chi connectivity index (χ1) is 12.8. The first kappa shape index (κ1) is 17.9. The Morgan fingerprint density at radius 1 is 1.15 bits per heavy atom. The molecule has 144 valence electrons. The molecule has 1 aromatic heterocycles. The Labute approximate surface area is 154 Å². The molecular formula is C19H29N3O4. The molecule has 3 heterocycles. The molecule has 1 atom stereocenters. The zero-order valence-electron chi connectivity index (χ0n) is 15.4. The third-order valence-electron chi connectivity index (χ3n) is 5.88. The number of piperidine rings is 1. The molecule has 0 N–H and O–H groups in total. The van der Waals surface area contributed by atoms with Crippen LogP contribution in [0, 0.1) is 5.92 Å². The van der Waals surface area contributed by atoms with E-state index in [1.165, 1.54) is 6.42 Å². The highest BCUT2D eigenvalue weighted by molar-refractivity contribution is 5.79. The van der Waals surface area contributed by atoms with E-state index in [9.17, 15) is 4.79 Å². The van der Waals surface area contributed by atoms with Crippen LogP contribution in [0.3, 0.4) is 0 Å². The van der Waals surface area contributed by atoms with E-state index < -0.39 is 0 Å². The average Bonchev–Trinajstić information content (AvgIpc) is 3.10. The van der Waals surface area contributed by atoms with Crippen molar-refractivity contribution in [1.82, 2.24) is 15.0 Å². The van der Waals surface area contributed by atoms with Gasteiger partial charge in [-0.05, 0) is 38.5 Å². The highest BCUT2D eigenvalue weighted by Crippen LogP contribution is 2.29. The monoisotopic (exact) mass is 363 g/mol. The maximum atomic E-state index is 12.4. The molecule has 3 aliphatic rings. The maximum Gasteiger partial charge on any atom is 0.229 e. The van der Waals surface area contributed by atoms with Crippen LogP contribution in [0.4, 0.5) is 0 Å². The third kappa shape index (κ3) is 4.26. The summed E-state index contributed by atoms with van der Waals surface area (Å²) in [6, 6.07) is 0. The summed E-state index contributed by atoms with van der Waals surface area (Å²) in [6.07, 6.45) is 8.06. The topological polar surface area (TPSA) is 77.7 Å². The molecule has 1 aromatic rings. The van der Waals surface area contributed by atoms with Crippen LogP contribution in [0.15, 0.2) is 4.52 Å². The van der Waals surface area contributed by atoms with Gasteiger partial charge in [-0.2, -0.15) is 4.98 Å². The van der Waals surface area contributed by atoms with Gasteiger partial charge < -0.3 is 18.9 Å². The van der Waals surface area contributed by atoms with Gasteiger partial charge in [-0.15, -0.1) is 0 Å². The summed E-state index contributed by atoms with van der Waals surface area (Å²) < 4.78 is 16.8. The van der Waals surface area contributed by atoms with Crippen molar-refractivity contribution in [3.8, 4) is 0 Å². The molecule has 4 rings (SSSR count). The average molecular weight is 363 g/mol. The van der Waals surface area contributed by atoms with Gasteiger partial charge in [0.1, 0.15) is 0 Å². The molecule has 1 saturated carbocycles. The van der Waals surface area contributed by atoms with Crippen LogP contribution in [0.1, 0.15) is 62.6 Å². The summed E-state index contributed by atoms with van der Waals surface area (Å²) in [5.74, 6) is 2.39. The van der Waals surface area contributed by atoms with E-state index in [4.69, 9.17) is 14.0 Å². The summed E-state index contributed by atoms with van der Waals surface area (Å²) >= 11 is 0. The molecule has 0 radical (unpaired) electrons. The number of ether oxygens (including phenoxy) is 2. The summed E-state index contributed by atoms with van der Waals surface area (Å²) in [5.41, 5.74) is 0. The molecule has 2 saturated heterocycles. The van der Waals surface area contributed by atoms with Crippen molar-refractivity contribution >= 4 is 5.91 Å². The van der Waals surface area contributed by atoms with Crippen LogP contribution in [-0.2, 0) is 20.7 Å². The molecule has 26 heavy (non-hydrogen) atoms. The highest BCUT2D eigenvalue weighted by Gasteiger charge is 2.32. The molecule has 1 unspecified atom stereocenters. The zero-order chi connectivity index (χ0) is 17.8. The van der Waals surface area contributed by atoms with Gasteiger partial charge in [0.25, 0.3) is 0 Å². The molecule has 0 aromatic carbocycles. The lowest BCUT2D eigenvalue weighted by Crippen LogP contribution is -2.47. The molecule has 1 amide bonds. The van der Waals surface area contributed by atoms with E-state index in [1.54, 1.807) is 0 Å². The van der Waals surface area contributed by atoms with Crippen LogP contribution in [-0.4, -0.2) is 60.0 Å². The molecule has 7 heteroatoms. The fourth-order valence-corrected chi connectivity index (χ4v) is 3.98. The summed E-state index contributed by atoms with van der Waals surface area (Å²) in [6.45, 7) is 3.72. The second-order valence-electron chi connectivity index (χ2n) is 7.73. The Hall–Kier alpha value is -1.47. The van der Waals surface area contributed by atoms with Crippen LogP contribution in [0.2, 0.25) is 0 Å². The number of nitrogens with zero attached hydrogens (tertiary/aromatic N) is 3. The predicted molar refractivity (Wildman–Crippen MR) is 93.7 cm³/mol. The van der Waals surface area contributed by atoms with Gasteiger partial charge in [0.2, 0.25) is 11.8 Å². The summed E-state index contributed by atoms with van der Waals surface area (Å²) in [7, 11) is 0. The number of rotatable bonds is 6. The van der Waals surface area contributed by atoms with E-state index in [-0.39, 0.29) is 12.0 Å². The van der Waals surface area contributed by atoms with Crippen molar-refractivity contribution in [2.75, 3.05) is 32.9 Å². The van der Waals surface area contributed by atoms with Crippen LogP contribution < -0.4 is 0 Å². The SMILES string of the molecule is O=C(C1CCC1)N1CCCC(OCCc2noc(C3CCOCC3)n2)C1. The second kappa shape index (κ2) is 8.48. The Bertz CT molecular complexity index is 595. The second-order valence-corrected chi connectivity index (χ2v) is 7.73. The van der Waals surface area contributed by atoms with E-state index in [1.807, 2.05) is 4.90 Å². The van der Waals surface area contributed by atoms with E-state index in [0.29, 0.717) is 30.7 Å². The molecule has 2 aliphatic heterocycles. The standard InChI is InChI=1S/C19H29N3O4/c23-19(15-3-1-4-15)22-9-2-5-16(13-22)25-12-8-17-20-18(26-21-17)14-6-10-24-11-7-14/h14-16H,1-13H2. The Kier molecular flexibility index (Phi) is 5.84. The van der Waals surface area contributed by atoms with Gasteiger partial charge in [0.15, 0.2) is 5.82 Å². The van der Waals surface area contributed by atoms with Crippen molar-refractivity contribution < 1.29 is 18.8 Å². The number of carbonyl (C=O) groups excluding carboxylic acids is 1. The van der Waals surface area contributed by atoms with Crippen molar-refractivity contribution in [3.63, 3.8) is 0 Å². The molecule has 0 bridgehead atoms. The minimum atomic E-state index is 0.134. The smallest absolute Gasteiger partial charge is 0.229 e. The van der Waals surface area contributed by atoms with Crippen molar-refractivity contribution in [2.24, 2.45) is 5.92 Å². The van der Waals surface area contributed by atoms with Gasteiger partial charge in [-0.3, -0.25) is 4.79 Å². The van der Waals surface area contributed by atoms with E-state index in [2.05, 4.69) is 10.1 Å². The number of aromatic nitrogens is 2. The minimum absolute atomic E-state index is 0.134. The molecule has 0 spiro atoms. The van der Waals surface area contributed by atoms with Gasteiger partial charge in [-0.1, -0.05) is 11.6 Å². The molecular weight excluding hydrogens is 334 g/mol. The first-order valence-corrected chi connectivity index (χ1v) is 10.1. The van der Waals surface area contributed by atoms with Gasteiger partial charge >= 0.3 is 0 Å². The molecule has 7 nitrogen and oxygen atoms in total. The van der Waals surface area contributed by atoms with Gasteiger partial charge in [0, 0.05) is 44.6 Å². The summed E-state index contributed by atoms with van der Waals surface area (Å²) in [5, 5.41) is 4.09. The third-order valence-corrected chi connectivity index (χ3v) is 5.88. The highest BCUT2D eigenvalue weighted by atomic mass is 16.5. The van der Waals surface area contributed by atoms with Crippen LogP contribution in [0.5, 0.6) is 0 Å². The van der Waals surface area contributed by atoms with Crippen LogP contribution in [0.25, 0.3) is 0 Å². The summed E-state index contributed by atoms with van der Waals surface area (Å²) in [4.78, 5) is 18.9. The van der Waals surface area contributed by atoms with Gasteiger partial charge in [0.05, 0.1) is 12.7 Å². The van der Waals surface area contributed by atoms with Crippen molar-refractivity contribution in [1.29, 1.82) is 0 Å². The quantitative estimate of drug-likeness (QED) is 0.772. The number of hydrogen-bond acceptors (Lipinski definition) is 6. The molecule has 3 fully saturated rings. The number of amides is 1. The lowest BCUT2D eigenvalue weighted by molar-refractivity contribution is -0.142. The lowest BCUT2D eigenvalue weighted by atomic mass is 9.84. The fraction of sp³-hybridized carbons (Fsp3) is 0.842. The maximum absolute atomic E-state index is 12.4. The van der Waals surface area contributed by atoms with Crippen molar-refractivity contribution in [2.45, 2.75) is 63.4 Å². The van der Waals surface area contributed by atoms with E-state index in [0.717, 1.165) is 70.7 Å². The fourth-order valence-electron chi connectivity index (χ4n) is 3.98. The Morgan fingerprint density at radius 3 is 2.77 bits per heavy atom. The number of carbonyl (C=O) groups is 1. The number of hydrogen-bond donors (Lipinski definition) is 0. The zero-order valence-corrected chi connectivity index (χ0v) is 15.4. The van der Waals surface area contributed by atoms with Crippen molar-refractivity contribution in [3.05, 3.63) is 11.7 Å².